The van der Waals surface area contributed by atoms with Crippen LogP contribution in [0.5, 0.6) is 11.5 Å². The second kappa shape index (κ2) is 8.21. The predicted octanol–water partition coefficient (Wildman–Crippen LogP) is -7.03. The molecule has 0 radical (unpaired) electrons. The average molecular weight is 288 g/mol. The van der Waals surface area contributed by atoms with Crippen LogP contribution in [-0.2, 0) is 0 Å². The second-order valence-electron chi connectivity index (χ2n) is 4.02. The fourth-order valence-electron chi connectivity index (χ4n) is 2.18. The Bertz CT molecular complexity index is 653. The molecule has 0 saturated heterocycles. The van der Waals surface area contributed by atoms with Crippen molar-refractivity contribution in [2.75, 3.05) is 0 Å². The van der Waals surface area contributed by atoms with Gasteiger partial charge in [0.15, 0.2) is 11.6 Å². The normalized spacial score (nSPS) is 10.7. The molecule has 0 atom stereocenters. The number of hydrogen-bond acceptors (Lipinski definition) is 4. The number of carbonyl (C=O) groups is 2. The Kier molecular flexibility index (Phi) is 8.50. The molecule has 104 valence electrons. The molecule has 0 unspecified atom stereocenters. The summed E-state index contributed by atoms with van der Waals surface area (Å²) in [6, 6.07) is 8.07. The Hall–Kier alpha value is -1.51. The molecule has 6 nitrogen and oxygen atoms in total. The van der Waals surface area contributed by atoms with E-state index in [4.69, 9.17) is 0 Å². The van der Waals surface area contributed by atoms with Gasteiger partial charge in [-0.1, -0.05) is 47.9 Å². The van der Waals surface area contributed by atoms with Crippen molar-refractivity contribution in [1.82, 2.24) is 0 Å². The molecule has 4 N–H and O–H groups in total. The number of hydrogen-bond donors (Lipinski definition) is 0. The zero-order valence-corrected chi connectivity index (χ0v) is 12.1. The SMILES string of the molecule is O.O.O=C1c2cccc([O-])c2C(=O)c2cccc([O-])c21.[Li+].[Li+]. The minimum Gasteiger partial charge on any atom is -0.872 e. The van der Waals surface area contributed by atoms with Gasteiger partial charge >= 0.3 is 37.7 Å². The summed E-state index contributed by atoms with van der Waals surface area (Å²) in [6.07, 6.45) is 0. The van der Waals surface area contributed by atoms with Crippen molar-refractivity contribution in [3.05, 3.63) is 58.7 Å². The van der Waals surface area contributed by atoms with Gasteiger partial charge in [-0.2, -0.15) is 0 Å². The van der Waals surface area contributed by atoms with Crippen molar-refractivity contribution >= 4 is 11.6 Å². The van der Waals surface area contributed by atoms with Crippen molar-refractivity contribution in [3.63, 3.8) is 0 Å². The fraction of sp³-hybridized carbons (Fsp3) is 0. The maximum atomic E-state index is 12.1. The third-order valence-electron chi connectivity index (χ3n) is 3.00. The molecule has 2 aromatic carbocycles. The molecule has 0 heterocycles. The molecule has 22 heavy (non-hydrogen) atoms. The third kappa shape index (κ3) is 3.13. The second-order valence-corrected chi connectivity index (χ2v) is 4.02. The summed E-state index contributed by atoms with van der Waals surface area (Å²) < 4.78 is 0. The summed E-state index contributed by atoms with van der Waals surface area (Å²) in [7, 11) is 0. The van der Waals surface area contributed by atoms with Crippen molar-refractivity contribution in [2.45, 2.75) is 0 Å². The summed E-state index contributed by atoms with van der Waals surface area (Å²) in [6.45, 7) is 0. The van der Waals surface area contributed by atoms with Crippen LogP contribution in [-0.4, -0.2) is 22.5 Å². The average Bonchev–Trinajstić information content (AvgIpc) is 2.35. The first-order valence-corrected chi connectivity index (χ1v) is 5.30. The van der Waals surface area contributed by atoms with Crippen LogP contribution in [0, 0.1) is 0 Å². The Morgan fingerprint density at radius 1 is 0.636 bits per heavy atom. The van der Waals surface area contributed by atoms with Crippen LogP contribution >= 0.6 is 0 Å². The maximum Gasteiger partial charge on any atom is 1.00 e. The van der Waals surface area contributed by atoms with Crippen LogP contribution in [0.2, 0.25) is 0 Å². The topological polar surface area (TPSA) is 143 Å². The van der Waals surface area contributed by atoms with Crippen LogP contribution in [0.3, 0.4) is 0 Å². The van der Waals surface area contributed by atoms with Gasteiger partial charge in [0.25, 0.3) is 0 Å². The quantitative estimate of drug-likeness (QED) is 0.378. The van der Waals surface area contributed by atoms with Gasteiger partial charge in [0.2, 0.25) is 0 Å². The predicted molar refractivity (Wildman–Crippen MR) is 65.9 cm³/mol. The van der Waals surface area contributed by atoms with Crippen LogP contribution in [0.25, 0.3) is 0 Å². The third-order valence-corrected chi connectivity index (χ3v) is 3.00. The summed E-state index contributed by atoms with van der Waals surface area (Å²) >= 11 is 0. The van der Waals surface area contributed by atoms with E-state index in [2.05, 4.69) is 0 Å². The van der Waals surface area contributed by atoms with E-state index in [0.29, 0.717) is 0 Å². The van der Waals surface area contributed by atoms with Gasteiger partial charge in [-0.25, -0.2) is 0 Å². The van der Waals surface area contributed by atoms with Crippen molar-refractivity contribution in [2.24, 2.45) is 0 Å². The molecule has 0 aromatic heterocycles. The maximum absolute atomic E-state index is 12.1. The molecule has 0 fully saturated rings. The summed E-state index contributed by atoms with van der Waals surface area (Å²) in [5.41, 5.74) is -0.243. The number of benzene rings is 2. The summed E-state index contributed by atoms with van der Waals surface area (Å²) in [5.74, 6) is -2.09. The van der Waals surface area contributed by atoms with Crippen molar-refractivity contribution in [3.8, 4) is 11.5 Å². The Morgan fingerprint density at radius 2 is 0.955 bits per heavy atom. The van der Waals surface area contributed by atoms with E-state index < -0.39 is 23.1 Å². The van der Waals surface area contributed by atoms with Gasteiger partial charge in [0.05, 0.1) is 0 Å². The first kappa shape index (κ1) is 22.8. The van der Waals surface area contributed by atoms with E-state index in [1.807, 2.05) is 0 Å². The zero-order valence-electron chi connectivity index (χ0n) is 12.1. The Morgan fingerprint density at radius 3 is 1.27 bits per heavy atom. The summed E-state index contributed by atoms with van der Waals surface area (Å²) in [5, 5.41) is 23.3. The molecule has 1 aliphatic rings. The van der Waals surface area contributed by atoms with Crippen molar-refractivity contribution in [1.29, 1.82) is 0 Å². The van der Waals surface area contributed by atoms with Gasteiger partial charge in [-0.05, 0) is 0 Å². The molecular weight excluding hydrogens is 278 g/mol. The van der Waals surface area contributed by atoms with E-state index in [0.717, 1.165) is 0 Å². The molecule has 0 spiro atoms. The van der Waals surface area contributed by atoms with E-state index in [9.17, 15) is 19.8 Å². The Labute approximate surface area is 150 Å². The van der Waals surface area contributed by atoms with Gasteiger partial charge in [-0.3, -0.25) is 9.59 Å². The molecule has 0 amide bonds. The fourth-order valence-corrected chi connectivity index (χ4v) is 2.18. The first-order valence-electron chi connectivity index (χ1n) is 5.30. The molecule has 1 aliphatic carbocycles. The number of fused-ring (bicyclic) bond motifs is 2. The van der Waals surface area contributed by atoms with Crippen LogP contribution in [0.4, 0.5) is 0 Å². The van der Waals surface area contributed by atoms with Crippen molar-refractivity contribution < 1.29 is 68.5 Å². The smallest absolute Gasteiger partial charge is 0.872 e. The largest absolute Gasteiger partial charge is 1.00 e. The van der Waals surface area contributed by atoms with E-state index >= 15 is 0 Å². The minimum absolute atomic E-state index is 0. The monoisotopic (exact) mass is 288 g/mol. The Balaban J connectivity index is 0. The van der Waals surface area contributed by atoms with Crippen LogP contribution in [0.1, 0.15) is 31.8 Å². The molecule has 3 rings (SSSR count). The molecule has 2 aromatic rings. The van der Waals surface area contributed by atoms with Gasteiger partial charge in [0, 0.05) is 22.3 Å². The molecule has 0 aliphatic heterocycles. The van der Waals surface area contributed by atoms with Gasteiger partial charge in [-0.15, -0.1) is 0 Å². The van der Waals surface area contributed by atoms with E-state index in [1.54, 1.807) is 0 Å². The molecule has 8 heteroatoms. The van der Waals surface area contributed by atoms with Crippen LogP contribution in [0.15, 0.2) is 36.4 Å². The minimum atomic E-state index is -0.553. The first-order chi connectivity index (χ1) is 8.61. The van der Waals surface area contributed by atoms with E-state index in [1.165, 1.54) is 36.4 Å². The zero-order chi connectivity index (χ0) is 12.9. The number of ketones is 2. The molecule has 0 bridgehead atoms. The number of rotatable bonds is 0. The van der Waals surface area contributed by atoms with E-state index in [-0.39, 0.29) is 70.9 Å². The summed E-state index contributed by atoms with van der Waals surface area (Å²) in [4.78, 5) is 24.3. The van der Waals surface area contributed by atoms with Gasteiger partial charge < -0.3 is 21.2 Å². The molecule has 0 saturated carbocycles. The molecular formula is C14H10Li2O6. The van der Waals surface area contributed by atoms with Crippen LogP contribution < -0.4 is 47.9 Å². The van der Waals surface area contributed by atoms with Gasteiger partial charge in [0.1, 0.15) is 0 Å². The number of carbonyl (C=O) groups excluding carboxylic acids is 2. The standard InChI is InChI=1S/C14H8O4.2Li.2H2O/c15-9-5-1-3-7-11(9)14(18)8-4-2-6-10(16)12(8)13(7)17;;;;/h1-6,15-16H;;;2*1H2/q;2*+1;;/p-2.